The lowest BCUT2D eigenvalue weighted by Gasteiger charge is -2.03. The van der Waals surface area contributed by atoms with Gasteiger partial charge < -0.3 is 0 Å². The molecule has 0 saturated heterocycles. The number of rotatable bonds is 11. The van der Waals surface area contributed by atoms with Crippen LogP contribution >= 0.6 is 0 Å². The molecule has 0 aliphatic rings. The highest BCUT2D eigenvalue weighted by Crippen LogP contribution is 2.12. The largest absolute Gasteiger partial charge is 0.269 e. The molecule has 0 N–H and O–H groups in total. The maximum atomic E-state index is 2.28. The SMILES string of the molecule is CCCCCCCCCCCCc1ccccc1.F. The smallest absolute Gasteiger partial charge is 0.0279 e. The van der Waals surface area contributed by atoms with E-state index in [4.69, 9.17) is 0 Å². The number of halogens is 1. The molecule has 1 aromatic carbocycles. The fourth-order valence-electron chi connectivity index (χ4n) is 2.46. The summed E-state index contributed by atoms with van der Waals surface area (Å²) in [4.78, 5) is 0. The zero-order chi connectivity index (χ0) is 12.9. The van der Waals surface area contributed by atoms with Crippen LogP contribution in [0, 0.1) is 0 Å². The molecule has 0 aliphatic carbocycles. The molecule has 0 bridgehead atoms. The van der Waals surface area contributed by atoms with Crippen LogP contribution in [-0.2, 0) is 6.42 Å². The first-order chi connectivity index (χ1) is 8.93. The molecule has 1 aromatic rings. The van der Waals surface area contributed by atoms with E-state index in [1.807, 2.05) is 0 Å². The highest BCUT2D eigenvalue weighted by Gasteiger charge is 1.94. The number of aryl methyl sites for hydroxylation is 1. The minimum absolute atomic E-state index is 0. The summed E-state index contributed by atoms with van der Waals surface area (Å²) in [5.41, 5.74) is 1.50. The Morgan fingerprint density at radius 1 is 0.632 bits per heavy atom. The van der Waals surface area contributed by atoms with Crippen molar-refractivity contribution < 1.29 is 4.70 Å². The quantitative estimate of drug-likeness (QED) is 0.412. The first-order valence-electron chi connectivity index (χ1n) is 7.97. The lowest BCUT2D eigenvalue weighted by Crippen LogP contribution is -1.86. The van der Waals surface area contributed by atoms with Crippen molar-refractivity contribution in [1.82, 2.24) is 0 Å². The van der Waals surface area contributed by atoms with Gasteiger partial charge in [-0.3, -0.25) is 4.70 Å². The number of benzene rings is 1. The van der Waals surface area contributed by atoms with Gasteiger partial charge in [-0.25, -0.2) is 0 Å². The van der Waals surface area contributed by atoms with Crippen LogP contribution in [0.2, 0.25) is 0 Å². The van der Waals surface area contributed by atoms with E-state index in [1.165, 1.54) is 76.2 Å². The summed E-state index contributed by atoms with van der Waals surface area (Å²) in [6.45, 7) is 2.28. The predicted octanol–water partition coefficient (Wildman–Crippen LogP) is 6.30. The standard InChI is InChI=1S/C18H30.FH/c1-2-3-4-5-6-7-8-9-10-12-15-18-16-13-11-14-17-18;/h11,13-14,16-17H,2-10,12,15H2,1H3;1H. The second kappa shape index (κ2) is 13.6. The fourth-order valence-corrected chi connectivity index (χ4v) is 2.46. The summed E-state index contributed by atoms with van der Waals surface area (Å²) < 4.78 is 0. The van der Waals surface area contributed by atoms with Gasteiger partial charge in [-0.1, -0.05) is 95.0 Å². The van der Waals surface area contributed by atoms with Crippen LogP contribution in [0.3, 0.4) is 0 Å². The van der Waals surface area contributed by atoms with Gasteiger partial charge in [0, 0.05) is 0 Å². The molecule has 0 nitrogen and oxygen atoms in total. The Hall–Kier alpha value is -0.850. The minimum Gasteiger partial charge on any atom is -0.269 e. The molecule has 19 heavy (non-hydrogen) atoms. The summed E-state index contributed by atoms with van der Waals surface area (Å²) in [6, 6.07) is 10.9. The Bertz CT molecular complexity index is 268. The number of unbranched alkanes of at least 4 members (excludes halogenated alkanes) is 9. The topological polar surface area (TPSA) is 0 Å². The molecule has 0 unspecified atom stereocenters. The van der Waals surface area contributed by atoms with Gasteiger partial charge in [-0.15, -0.1) is 0 Å². The summed E-state index contributed by atoms with van der Waals surface area (Å²) in [5, 5.41) is 0. The Kier molecular flexibility index (Phi) is 13.0. The Morgan fingerprint density at radius 3 is 1.63 bits per heavy atom. The molecule has 0 heterocycles. The van der Waals surface area contributed by atoms with Crippen LogP contribution in [0.4, 0.5) is 4.70 Å². The van der Waals surface area contributed by atoms with E-state index in [-0.39, 0.29) is 4.70 Å². The Morgan fingerprint density at radius 2 is 1.11 bits per heavy atom. The third kappa shape index (κ3) is 10.7. The third-order valence-corrected chi connectivity index (χ3v) is 3.66. The second-order valence-electron chi connectivity index (χ2n) is 5.42. The van der Waals surface area contributed by atoms with Crippen molar-refractivity contribution >= 4 is 0 Å². The van der Waals surface area contributed by atoms with E-state index in [0.717, 1.165) is 0 Å². The molecule has 0 fully saturated rings. The summed E-state index contributed by atoms with van der Waals surface area (Å²) in [6.07, 6.45) is 15.5. The van der Waals surface area contributed by atoms with E-state index < -0.39 is 0 Å². The van der Waals surface area contributed by atoms with Crippen molar-refractivity contribution in [1.29, 1.82) is 0 Å². The van der Waals surface area contributed by atoms with Gasteiger partial charge in [0.25, 0.3) is 0 Å². The molecule has 1 heteroatoms. The molecule has 0 radical (unpaired) electrons. The maximum Gasteiger partial charge on any atom is -0.0279 e. The van der Waals surface area contributed by atoms with Gasteiger partial charge >= 0.3 is 0 Å². The van der Waals surface area contributed by atoms with Crippen molar-refractivity contribution in [3.05, 3.63) is 35.9 Å². The highest BCUT2D eigenvalue weighted by atomic mass is 19.0. The van der Waals surface area contributed by atoms with E-state index in [2.05, 4.69) is 37.3 Å². The Labute approximate surface area is 119 Å². The molecule has 0 atom stereocenters. The van der Waals surface area contributed by atoms with Gasteiger partial charge in [0.1, 0.15) is 0 Å². The molecule has 0 aromatic heterocycles. The molecular weight excluding hydrogens is 235 g/mol. The summed E-state index contributed by atoms with van der Waals surface area (Å²) >= 11 is 0. The second-order valence-corrected chi connectivity index (χ2v) is 5.42. The van der Waals surface area contributed by atoms with Gasteiger partial charge in [-0.2, -0.15) is 0 Å². The zero-order valence-electron chi connectivity index (χ0n) is 12.6. The average molecular weight is 266 g/mol. The number of hydrogen-bond acceptors (Lipinski definition) is 0. The fraction of sp³-hybridized carbons (Fsp3) is 0.667. The van der Waals surface area contributed by atoms with E-state index in [9.17, 15) is 0 Å². The van der Waals surface area contributed by atoms with Gasteiger partial charge in [-0.05, 0) is 18.4 Å². The molecule has 1 rings (SSSR count). The molecule has 0 saturated carbocycles. The van der Waals surface area contributed by atoms with Gasteiger partial charge in [0.05, 0.1) is 0 Å². The number of hydrogen-bond donors (Lipinski definition) is 0. The van der Waals surface area contributed by atoms with Crippen molar-refractivity contribution in [2.75, 3.05) is 0 Å². The van der Waals surface area contributed by atoms with Crippen molar-refractivity contribution in [2.24, 2.45) is 0 Å². The van der Waals surface area contributed by atoms with E-state index in [0.29, 0.717) is 0 Å². The molecule has 110 valence electrons. The van der Waals surface area contributed by atoms with Crippen LogP contribution in [0.5, 0.6) is 0 Å². The predicted molar refractivity (Wildman–Crippen MR) is 84.5 cm³/mol. The zero-order valence-corrected chi connectivity index (χ0v) is 12.6. The monoisotopic (exact) mass is 266 g/mol. The molecule has 0 aliphatic heterocycles. The van der Waals surface area contributed by atoms with Gasteiger partial charge in [0.2, 0.25) is 0 Å². The lowest BCUT2D eigenvalue weighted by molar-refractivity contribution is 0.556. The summed E-state index contributed by atoms with van der Waals surface area (Å²) in [7, 11) is 0. The van der Waals surface area contributed by atoms with Gasteiger partial charge in [0.15, 0.2) is 0 Å². The maximum absolute atomic E-state index is 2.28. The first-order valence-corrected chi connectivity index (χ1v) is 7.97. The third-order valence-electron chi connectivity index (χ3n) is 3.66. The van der Waals surface area contributed by atoms with Crippen molar-refractivity contribution in [3.63, 3.8) is 0 Å². The van der Waals surface area contributed by atoms with Crippen LogP contribution in [0.25, 0.3) is 0 Å². The Balaban J connectivity index is 0.00000324. The molecule has 0 amide bonds. The van der Waals surface area contributed by atoms with Crippen molar-refractivity contribution in [3.8, 4) is 0 Å². The van der Waals surface area contributed by atoms with Crippen LogP contribution in [0.1, 0.15) is 76.7 Å². The molecule has 0 spiro atoms. The first kappa shape index (κ1) is 18.1. The highest BCUT2D eigenvalue weighted by molar-refractivity contribution is 5.14. The average Bonchev–Trinajstić information content (AvgIpc) is 2.42. The van der Waals surface area contributed by atoms with Crippen molar-refractivity contribution in [2.45, 2.75) is 77.6 Å². The van der Waals surface area contributed by atoms with E-state index in [1.54, 1.807) is 0 Å². The van der Waals surface area contributed by atoms with Crippen LogP contribution in [0.15, 0.2) is 30.3 Å². The molecular formula is C18H31F. The lowest BCUT2D eigenvalue weighted by atomic mass is 10.0. The normalized spacial score (nSPS) is 10.2. The van der Waals surface area contributed by atoms with Crippen LogP contribution in [-0.4, -0.2) is 0 Å². The van der Waals surface area contributed by atoms with Crippen LogP contribution < -0.4 is 0 Å². The minimum atomic E-state index is 0. The summed E-state index contributed by atoms with van der Waals surface area (Å²) in [5.74, 6) is 0. The van der Waals surface area contributed by atoms with E-state index >= 15 is 0 Å².